The van der Waals surface area contributed by atoms with E-state index in [1.165, 1.54) is 24.0 Å². The van der Waals surface area contributed by atoms with Gasteiger partial charge in [0.05, 0.1) is 0 Å². The SMILES string of the molecule is C=C1CC(=O)[C@@H](C(C)C)C2C=C(C)CCC12. The van der Waals surface area contributed by atoms with Crippen molar-refractivity contribution in [2.75, 3.05) is 0 Å². The van der Waals surface area contributed by atoms with Crippen molar-refractivity contribution in [3.63, 3.8) is 0 Å². The Kier molecular flexibility index (Phi) is 3.05. The average Bonchev–Trinajstić information content (AvgIpc) is 2.15. The summed E-state index contributed by atoms with van der Waals surface area (Å²) in [6.07, 6.45) is 5.35. The summed E-state index contributed by atoms with van der Waals surface area (Å²) in [5.41, 5.74) is 2.63. The van der Waals surface area contributed by atoms with Crippen LogP contribution in [-0.2, 0) is 4.79 Å². The Bertz CT molecular complexity index is 348. The van der Waals surface area contributed by atoms with Gasteiger partial charge in [-0.3, -0.25) is 4.79 Å². The second-order valence-corrected chi connectivity index (χ2v) is 5.81. The molecule has 0 spiro atoms. The molecule has 0 aromatic carbocycles. The molecular formula is C15H22O. The first-order valence-electron chi connectivity index (χ1n) is 6.38. The second kappa shape index (κ2) is 4.20. The smallest absolute Gasteiger partial charge is 0.140 e. The molecule has 0 N–H and O–H groups in total. The van der Waals surface area contributed by atoms with E-state index in [-0.39, 0.29) is 5.92 Å². The van der Waals surface area contributed by atoms with Crippen LogP contribution in [-0.4, -0.2) is 5.78 Å². The highest BCUT2D eigenvalue weighted by Crippen LogP contribution is 2.45. The summed E-state index contributed by atoms with van der Waals surface area (Å²) in [5, 5.41) is 0. The van der Waals surface area contributed by atoms with Crippen molar-refractivity contribution in [2.45, 2.75) is 40.0 Å². The highest BCUT2D eigenvalue weighted by atomic mass is 16.1. The van der Waals surface area contributed by atoms with Crippen LogP contribution in [0.4, 0.5) is 0 Å². The van der Waals surface area contributed by atoms with Crippen LogP contribution < -0.4 is 0 Å². The number of allylic oxidation sites excluding steroid dienone is 3. The van der Waals surface area contributed by atoms with Crippen LogP contribution in [0.3, 0.4) is 0 Å². The minimum atomic E-state index is 0.228. The van der Waals surface area contributed by atoms with Crippen LogP contribution in [0.2, 0.25) is 0 Å². The molecule has 0 radical (unpaired) electrons. The number of Topliss-reactive ketones (excluding diaryl/α,β-unsaturated/α-hetero) is 1. The molecule has 2 aliphatic rings. The van der Waals surface area contributed by atoms with E-state index >= 15 is 0 Å². The lowest BCUT2D eigenvalue weighted by Gasteiger charge is -2.41. The van der Waals surface area contributed by atoms with Crippen LogP contribution in [0.15, 0.2) is 23.8 Å². The number of carbonyl (C=O) groups is 1. The summed E-state index contributed by atoms with van der Waals surface area (Å²) in [4.78, 5) is 12.1. The maximum absolute atomic E-state index is 12.1. The number of hydrogen-bond acceptors (Lipinski definition) is 1. The predicted molar refractivity (Wildman–Crippen MR) is 67.1 cm³/mol. The van der Waals surface area contributed by atoms with Gasteiger partial charge in [-0.05, 0) is 37.5 Å². The van der Waals surface area contributed by atoms with E-state index < -0.39 is 0 Å². The van der Waals surface area contributed by atoms with Gasteiger partial charge in [0.15, 0.2) is 0 Å². The molecule has 16 heavy (non-hydrogen) atoms. The summed E-state index contributed by atoms with van der Waals surface area (Å²) in [5.74, 6) is 2.09. The minimum absolute atomic E-state index is 0.228. The van der Waals surface area contributed by atoms with Crippen molar-refractivity contribution in [2.24, 2.45) is 23.7 Å². The van der Waals surface area contributed by atoms with Crippen molar-refractivity contribution >= 4 is 5.78 Å². The lowest BCUT2D eigenvalue weighted by atomic mass is 9.62. The zero-order chi connectivity index (χ0) is 11.9. The largest absolute Gasteiger partial charge is 0.299 e. The molecule has 0 bridgehead atoms. The maximum Gasteiger partial charge on any atom is 0.140 e. The Labute approximate surface area is 98.6 Å². The zero-order valence-corrected chi connectivity index (χ0v) is 10.6. The topological polar surface area (TPSA) is 17.1 Å². The molecule has 1 nitrogen and oxygen atoms in total. The minimum Gasteiger partial charge on any atom is -0.299 e. The van der Waals surface area contributed by atoms with Crippen molar-refractivity contribution in [3.05, 3.63) is 23.8 Å². The fraction of sp³-hybridized carbons (Fsp3) is 0.667. The van der Waals surface area contributed by atoms with Crippen molar-refractivity contribution in [1.29, 1.82) is 0 Å². The summed E-state index contributed by atoms with van der Waals surface area (Å²) >= 11 is 0. The lowest BCUT2D eigenvalue weighted by molar-refractivity contribution is -0.127. The molecule has 0 saturated heterocycles. The Morgan fingerprint density at radius 3 is 2.75 bits per heavy atom. The summed E-state index contributed by atoms with van der Waals surface area (Å²) in [6, 6.07) is 0. The standard InChI is InChI=1S/C15H22O/c1-9(2)15-13-7-10(3)5-6-12(13)11(4)8-14(15)16/h7,9,12-13,15H,4-6,8H2,1-3H3/t12?,13?,15-/m0/s1. The van der Waals surface area contributed by atoms with Gasteiger partial charge in [-0.1, -0.05) is 37.6 Å². The van der Waals surface area contributed by atoms with E-state index in [0.717, 1.165) is 0 Å². The van der Waals surface area contributed by atoms with Gasteiger partial charge in [-0.15, -0.1) is 0 Å². The van der Waals surface area contributed by atoms with E-state index in [2.05, 4.69) is 33.4 Å². The predicted octanol–water partition coefficient (Wildman–Crippen LogP) is 3.76. The highest BCUT2D eigenvalue weighted by molar-refractivity contribution is 5.85. The average molecular weight is 218 g/mol. The van der Waals surface area contributed by atoms with Crippen molar-refractivity contribution in [3.8, 4) is 0 Å². The molecule has 0 heterocycles. The number of carbonyl (C=O) groups excluding carboxylic acids is 1. The van der Waals surface area contributed by atoms with Crippen LogP contribution in [0.25, 0.3) is 0 Å². The number of fused-ring (bicyclic) bond motifs is 1. The number of hydrogen-bond donors (Lipinski definition) is 0. The molecule has 0 aromatic heterocycles. The van der Waals surface area contributed by atoms with Gasteiger partial charge >= 0.3 is 0 Å². The molecule has 2 aliphatic carbocycles. The fourth-order valence-electron chi connectivity index (χ4n) is 3.44. The molecule has 0 aromatic rings. The lowest BCUT2D eigenvalue weighted by Crippen LogP contribution is -2.39. The first-order chi connectivity index (χ1) is 7.50. The summed E-state index contributed by atoms with van der Waals surface area (Å²) < 4.78 is 0. The van der Waals surface area contributed by atoms with Gasteiger partial charge in [-0.25, -0.2) is 0 Å². The second-order valence-electron chi connectivity index (χ2n) is 5.81. The molecular weight excluding hydrogens is 196 g/mol. The molecule has 88 valence electrons. The molecule has 2 unspecified atom stereocenters. The third-order valence-electron chi connectivity index (χ3n) is 4.22. The van der Waals surface area contributed by atoms with Gasteiger partial charge in [-0.2, -0.15) is 0 Å². The quantitative estimate of drug-likeness (QED) is 0.612. The Balaban J connectivity index is 2.35. The maximum atomic E-state index is 12.1. The Hall–Kier alpha value is -0.850. The monoisotopic (exact) mass is 218 g/mol. The molecule has 3 atom stereocenters. The van der Waals surface area contributed by atoms with Crippen LogP contribution >= 0.6 is 0 Å². The highest BCUT2D eigenvalue weighted by Gasteiger charge is 2.41. The Morgan fingerprint density at radius 1 is 1.44 bits per heavy atom. The van der Waals surface area contributed by atoms with Gasteiger partial charge in [0.1, 0.15) is 5.78 Å². The number of rotatable bonds is 1. The molecule has 0 amide bonds. The molecule has 0 aliphatic heterocycles. The summed E-state index contributed by atoms with van der Waals surface area (Å²) in [7, 11) is 0. The van der Waals surface area contributed by atoms with Gasteiger partial charge in [0, 0.05) is 12.3 Å². The van der Waals surface area contributed by atoms with Crippen LogP contribution in [0.5, 0.6) is 0 Å². The number of ketones is 1. The molecule has 1 heteroatoms. The van der Waals surface area contributed by atoms with Gasteiger partial charge < -0.3 is 0 Å². The third kappa shape index (κ3) is 1.88. The normalized spacial score (nSPS) is 35.0. The van der Waals surface area contributed by atoms with E-state index in [1.54, 1.807) is 0 Å². The molecule has 1 saturated carbocycles. The van der Waals surface area contributed by atoms with Gasteiger partial charge in [0.25, 0.3) is 0 Å². The fourth-order valence-corrected chi connectivity index (χ4v) is 3.44. The Morgan fingerprint density at radius 2 is 2.12 bits per heavy atom. The third-order valence-corrected chi connectivity index (χ3v) is 4.22. The van der Waals surface area contributed by atoms with E-state index in [9.17, 15) is 4.79 Å². The van der Waals surface area contributed by atoms with E-state index in [0.29, 0.717) is 30.0 Å². The molecule has 1 fully saturated rings. The summed E-state index contributed by atoms with van der Waals surface area (Å²) in [6.45, 7) is 10.7. The van der Waals surface area contributed by atoms with Crippen molar-refractivity contribution in [1.82, 2.24) is 0 Å². The first kappa shape index (κ1) is 11.6. The zero-order valence-electron chi connectivity index (χ0n) is 10.6. The first-order valence-corrected chi connectivity index (χ1v) is 6.38. The molecule has 2 rings (SSSR count). The van der Waals surface area contributed by atoms with Gasteiger partial charge in [0.2, 0.25) is 0 Å². The van der Waals surface area contributed by atoms with Crippen LogP contribution in [0.1, 0.15) is 40.0 Å². The van der Waals surface area contributed by atoms with E-state index in [4.69, 9.17) is 0 Å². The van der Waals surface area contributed by atoms with Crippen LogP contribution in [0, 0.1) is 23.7 Å². The van der Waals surface area contributed by atoms with Crippen molar-refractivity contribution < 1.29 is 4.79 Å². The van der Waals surface area contributed by atoms with E-state index in [1.807, 2.05) is 0 Å².